The molecular formula is C22H25N3O. The van der Waals surface area contributed by atoms with Gasteiger partial charge in [-0.25, -0.2) is 4.98 Å². The molecule has 2 aromatic rings. The Bertz CT molecular complexity index is 843. The molecule has 1 heterocycles. The molecule has 0 spiro atoms. The van der Waals surface area contributed by atoms with Gasteiger partial charge < -0.3 is 0 Å². The standard InChI is InChI=1S/C22H25N3O/c1-15-13-16(2)24-22(21(15)14-23)25(17(3)26)20-11-9-19(10-12-20)18-7-5-4-6-8-18/h9-13,18H,4-8H2,1-3H3. The topological polar surface area (TPSA) is 57.0 Å². The van der Waals surface area contributed by atoms with Crippen molar-refractivity contribution in [3.63, 3.8) is 0 Å². The van der Waals surface area contributed by atoms with E-state index in [0.717, 1.165) is 16.9 Å². The summed E-state index contributed by atoms with van der Waals surface area (Å²) in [5.74, 6) is 0.893. The molecule has 0 unspecified atom stereocenters. The van der Waals surface area contributed by atoms with Crippen LogP contribution in [0.1, 0.15) is 67.3 Å². The van der Waals surface area contributed by atoms with Crippen LogP contribution in [0.2, 0.25) is 0 Å². The highest BCUT2D eigenvalue weighted by Gasteiger charge is 2.22. The minimum atomic E-state index is -0.149. The van der Waals surface area contributed by atoms with Crippen LogP contribution in [0, 0.1) is 25.2 Å². The van der Waals surface area contributed by atoms with Gasteiger partial charge in [-0.1, -0.05) is 31.4 Å². The first-order valence-corrected chi connectivity index (χ1v) is 9.30. The van der Waals surface area contributed by atoms with Crippen LogP contribution in [0.25, 0.3) is 0 Å². The summed E-state index contributed by atoms with van der Waals surface area (Å²) in [6.07, 6.45) is 6.41. The van der Waals surface area contributed by atoms with Crippen molar-refractivity contribution in [3.05, 3.63) is 52.7 Å². The smallest absolute Gasteiger partial charge is 0.229 e. The normalized spacial score (nSPS) is 14.7. The maximum atomic E-state index is 12.4. The van der Waals surface area contributed by atoms with Crippen LogP contribution in [0.5, 0.6) is 0 Å². The van der Waals surface area contributed by atoms with Crippen molar-refractivity contribution in [3.8, 4) is 6.07 Å². The van der Waals surface area contributed by atoms with Gasteiger partial charge in [-0.05, 0) is 61.9 Å². The van der Waals surface area contributed by atoms with Crippen molar-refractivity contribution in [1.29, 1.82) is 5.26 Å². The number of nitriles is 1. The zero-order valence-corrected chi connectivity index (χ0v) is 15.7. The maximum absolute atomic E-state index is 12.4. The van der Waals surface area contributed by atoms with Crippen LogP contribution < -0.4 is 4.90 Å². The molecular weight excluding hydrogens is 322 g/mol. The molecule has 1 aromatic heterocycles. The zero-order chi connectivity index (χ0) is 18.7. The quantitative estimate of drug-likeness (QED) is 0.757. The van der Waals surface area contributed by atoms with Crippen LogP contribution in [0.15, 0.2) is 30.3 Å². The minimum Gasteiger partial charge on any atom is -0.274 e. The number of hydrogen-bond acceptors (Lipinski definition) is 3. The number of aryl methyl sites for hydroxylation is 2. The fourth-order valence-electron chi connectivity index (χ4n) is 3.90. The summed E-state index contributed by atoms with van der Waals surface area (Å²) < 4.78 is 0. The Morgan fingerprint density at radius 3 is 2.38 bits per heavy atom. The third-order valence-corrected chi connectivity index (χ3v) is 5.19. The number of pyridine rings is 1. The van der Waals surface area contributed by atoms with Crippen LogP contribution in [-0.2, 0) is 4.79 Å². The lowest BCUT2D eigenvalue weighted by Crippen LogP contribution is -2.25. The first-order chi connectivity index (χ1) is 12.5. The lowest BCUT2D eigenvalue weighted by atomic mass is 9.84. The van der Waals surface area contributed by atoms with E-state index in [0.29, 0.717) is 17.3 Å². The summed E-state index contributed by atoms with van der Waals surface area (Å²) in [5.41, 5.74) is 4.17. The molecule has 1 aliphatic carbocycles. The minimum absolute atomic E-state index is 0.149. The highest BCUT2D eigenvalue weighted by molar-refractivity contribution is 5.99. The third kappa shape index (κ3) is 3.62. The monoisotopic (exact) mass is 347 g/mol. The third-order valence-electron chi connectivity index (χ3n) is 5.19. The van der Waals surface area contributed by atoms with Gasteiger partial charge >= 0.3 is 0 Å². The summed E-state index contributed by atoms with van der Waals surface area (Å²) in [7, 11) is 0. The lowest BCUT2D eigenvalue weighted by molar-refractivity contribution is -0.115. The van der Waals surface area contributed by atoms with Crippen LogP contribution in [0.3, 0.4) is 0 Å². The van der Waals surface area contributed by atoms with Gasteiger partial charge in [0, 0.05) is 12.6 Å². The molecule has 1 aliphatic rings. The van der Waals surface area contributed by atoms with Gasteiger partial charge in [0.05, 0.1) is 11.3 Å². The molecule has 0 saturated heterocycles. The van der Waals surface area contributed by atoms with E-state index in [-0.39, 0.29) is 5.91 Å². The van der Waals surface area contributed by atoms with Crippen molar-refractivity contribution >= 4 is 17.4 Å². The Morgan fingerprint density at radius 2 is 1.81 bits per heavy atom. The zero-order valence-electron chi connectivity index (χ0n) is 15.7. The average molecular weight is 347 g/mol. The molecule has 4 heteroatoms. The number of benzene rings is 1. The van der Waals surface area contributed by atoms with E-state index < -0.39 is 0 Å². The molecule has 0 bridgehead atoms. The van der Waals surface area contributed by atoms with Gasteiger partial charge in [0.2, 0.25) is 5.91 Å². The van der Waals surface area contributed by atoms with E-state index in [1.165, 1.54) is 44.6 Å². The summed E-state index contributed by atoms with van der Waals surface area (Å²) >= 11 is 0. The van der Waals surface area contributed by atoms with E-state index in [4.69, 9.17) is 0 Å². The molecule has 0 N–H and O–H groups in total. The Hall–Kier alpha value is -2.67. The molecule has 0 aliphatic heterocycles. The predicted octanol–water partition coefficient (Wildman–Crippen LogP) is 5.30. The molecule has 26 heavy (non-hydrogen) atoms. The average Bonchev–Trinajstić information content (AvgIpc) is 2.63. The summed E-state index contributed by atoms with van der Waals surface area (Å²) in [6, 6.07) is 12.3. The fraction of sp³-hybridized carbons (Fsp3) is 0.409. The molecule has 3 rings (SSSR count). The van der Waals surface area contributed by atoms with E-state index in [2.05, 4.69) is 23.2 Å². The number of anilines is 2. The van der Waals surface area contributed by atoms with E-state index in [1.54, 1.807) is 4.90 Å². The van der Waals surface area contributed by atoms with Crippen LogP contribution in [-0.4, -0.2) is 10.9 Å². The Morgan fingerprint density at radius 1 is 1.15 bits per heavy atom. The number of amides is 1. The second-order valence-electron chi connectivity index (χ2n) is 7.17. The molecule has 1 saturated carbocycles. The molecule has 1 aromatic carbocycles. The van der Waals surface area contributed by atoms with Crippen molar-refractivity contribution in [1.82, 2.24) is 4.98 Å². The molecule has 1 fully saturated rings. The molecule has 1 amide bonds. The largest absolute Gasteiger partial charge is 0.274 e. The molecule has 4 nitrogen and oxygen atoms in total. The molecule has 134 valence electrons. The van der Waals surface area contributed by atoms with Gasteiger partial charge in [0.15, 0.2) is 5.82 Å². The van der Waals surface area contributed by atoms with E-state index in [1.807, 2.05) is 32.0 Å². The predicted molar refractivity (Wildman–Crippen MR) is 104 cm³/mol. The number of rotatable bonds is 3. The highest BCUT2D eigenvalue weighted by atomic mass is 16.2. The van der Waals surface area contributed by atoms with Crippen LogP contribution in [0.4, 0.5) is 11.5 Å². The van der Waals surface area contributed by atoms with Crippen LogP contribution >= 0.6 is 0 Å². The second kappa shape index (κ2) is 7.70. The first kappa shape index (κ1) is 18.1. The Balaban J connectivity index is 1.99. The molecule has 0 atom stereocenters. The lowest BCUT2D eigenvalue weighted by Gasteiger charge is -2.25. The van der Waals surface area contributed by atoms with Crippen molar-refractivity contribution in [2.75, 3.05) is 4.90 Å². The van der Waals surface area contributed by atoms with Gasteiger partial charge in [-0.15, -0.1) is 0 Å². The SMILES string of the molecule is CC(=O)N(c1ccc(C2CCCCC2)cc1)c1nc(C)cc(C)c1C#N. The Kier molecular flexibility index (Phi) is 5.37. The van der Waals surface area contributed by atoms with Gasteiger partial charge in [0.25, 0.3) is 0 Å². The highest BCUT2D eigenvalue weighted by Crippen LogP contribution is 2.35. The van der Waals surface area contributed by atoms with Crippen molar-refractivity contribution in [2.24, 2.45) is 0 Å². The summed E-state index contributed by atoms with van der Waals surface area (Å²) in [5, 5.41) is 9.55. The number of carbonyl (C=O) groups excluding carboxylic acids is 1. The van der Waals surface area contributed by atoms with Crippen molar-refractivity contribution in [2.45, 2.75) is 58.8 Å². The van der Waals surface area contributed by atoms with Gasteiger partial charge in [0.1, 0.15) is 6.07 Å². The fourth-order valence-corrected chi connectivity index (χ4v) is 3.90. The number of carbonyl (C=O) groups is 1. The number of aromatic nitrogens is 1. The second-order valence-corrected chi connectivity index (χ2v) is 7.17. The Labute approximate surface area is 155 Å². The number of nitrogens with zero attached hydrogens (tertiary/aromatic N) is 3. The maximum Gasteiger partial charge on any atom is 0.229 e. The van der Waals surface area contributed by atoms with Crippen molar-refractivity contribution < 1.29 is 4.79 Å². The summed E-state index contributed by atoms with van der Waals surface area (Å²) in [6.45, 7) is 5.26. The number of hydrogen-bond donors (Lipinski definition) is 0. The van der Waals surface area contributed by atoms with E-state index >= 15 is 0 Å². The molecule has 0 radical (unpaired) electrons. The van der Waals surface area contributed by atoms with Gasteiger partial charge in [-0.3, -0.25) is 9.69 Å². The first-order valence-electron chi connectivity index (χ1n) is 9.30. The van der Waals surface area contributed by atoms with E-state index in [9.17, 15) is 10.1 Å². The summed E-state index contributed by atoms with van der Waals surface area (Å²) in [4.78, 5) is 18.4. The van der Waals surface area contributed by atoms with Gasteiger partial charge in [-0.2, -0.15) is 5.26 Å².